The quantitative estimate of drug-likeness (QED) is 0.0748. The van der Waals surface area contributed by atoms with E-state index in [1.54, 1.807) is 0 Å². The summed E-state index contributed by atoms with van der Waals surface area (Å²) in [6.45, 7) is 8.04. The van der Waals surface area contributed by atoms with Crippen molar-refractivity contribution >= 4 is 35.8 Å². The van der Waals surface area contributed by atoms with Crippen LogP contribution >= 0.6 is 0 Å². The molecule has 0 amide bonds. The van der Waals surface area contributed by atoms with E-state index in [9.17, 15) is 28.8 Å². The minimum atomic E-state index is -1.16. The molecular weight excluding hydrogens is 712 g/mol. The van der Waals surface area contributed by atoms with E-state index in [1.165, 1.54) is 0 Å². The number of carboxylic acid groups (broad SMARTS) is 6. The molecule has 0 heterocycles. The first-order valence-electron chi connectivity index (χ1n) is 17.2. The highest BCUT2D eigenvalue weighted by atomic mass is 16.5. The molecule has 12 N–H and O–H groups in total. The number of aliphatic carboxylic acids is 6. The highest BCUT2D eigenvalue weighted by molar-refractivity contribution is 5.67. The second kappa shape index (κ2) is 48.5. The molecule has 0 saturated carbocycles. The van der Waals surface area contributed by atoms with Gasteiger partial charge < -0.3 is 66.0 Å². The summed E-state index contributed by atoms with van der Waals surface area (Å²) in [5.74, 6) is -4.26. The van der Waals surface area contributed by atoms with Crippen LogP contribution in [0.1, 0.15) is 119 Å². The van der Waals surface area contributed by atoms with Gasteiger partial charge in [-0.05, 0) is 38.5 Å². The van der Waals surface area contributed by atoms with E-state index < -0.39 is 86.3 Å². The molecule has 0 aliphatic carbocycles. The summed E-state index contributed by atoms with van der Waals surface area (Å²) in [5, 5.41) is 102. The minimum Gasteiger partial charge on any atom is -0.481 e. The molecule has 0 saturated heterocycles. The molecule has 19 nitrogen and oxygen atoms in total. The molecule has 0 bridgehead atoms. The van der Waals surface area contributed by atoms with Crippen molar-refractivity contribution in [3.8, 4) is 0 Å². The monoisotopic (exact) mass is 782 g/mol. The van der Waals surface area contributed by atoms with Gasteiger partial charge in [0.1, 0.15) is 0 Å². The standard InChI is InChI=1S/C10H22O7.6C4H8O2/c11-1-9(2-12,3-13)7-17-8-10(4-14,5-15)6-16;6*1-2-3-4(5)6/h11-16H,1-8H2;6*2-3H2,1H3,(H,5,6). The van der Waals surface area contributed by atoms with Gasteiger partial charge >= 0.3 is 35.8 Å². The Morgan fingerprint density at radius 2 is 0.472 bits per heavy atom. The fourth-order valence-corrected chi connectivity index (χ4v) is 2.34. The first-order chi connectivity index (χ1) is 24.7. The molecule has 0 aromatic heterocycles. The van der Waals surface area contributed by atoms with E-state index in [0.717, 1.165) is 38.5 Å². The Morgan fingerprint density at radius 1 is 0.340 bits per heavy atom. The van der Waals surface area contributed by atoms with Gasteiger partial charge in [0.15, 0.2) is 0 Å². The Hall–Kier alpha value is -3.46. The van der Waals surface area contributed by atoms with Crippen LogP contribution in [0.15, 0.2) is 0 Å². The largest absolute Gasteiger partial charge is 0.481 e. The van der Waals surface area contributed by atoms with Crippen LogP contribution in [0.4, 0.5) is 0 Å². The third-order valence-electron chi connectivity index (χ3n) is 5.61. The maximum atomic E-state index is 9.60. The van der Waals surface area contributed by atoms with E-state index in [4.69, 9.17) is 66.0 Å². The van der Waals surface area contributed by atoms with Gasteiger partial charge in [0.2, 0.25) is 0 Å². The molecule has 320 valence electrons. The van der Waals surface area contributed by atoms with Crippen LogP contribution in [0, 0.1) is 10.8 Å². The molecule has 0 unspecified atom stereocenters. The molecular formula is C34H70O19. The number of ether oxygens (including phenoxy) is 1. The third-order valence-corrected chi connectivity index (χ3v) is 5.61. The molecule has 0 spiro atoms. The molecule has 0 aliphatic rings. The molecule has 53 heavy (non-hydrogen) atoms. The molecule has 0 fully saturated rings. The average molecular weight is 783 g/mol. The number of aliphatic hydroxyl groups excluding tert-OH is 6. The van der Waals surface area contributed by atoms with Crippen molar-refractivity contribution in [1.82, 2.24) is 0 Å². The van der Waals surface area contributed by atoms with Gasteiger partial charge in [0.05, 0.1) is 63.7 Å². The van der Waals surface area contributed by atoms with Crippen molar-refractivity contribution in [2.75, 3.05) is 52.9 Å². The first kappa shape index (κ1) is 64.5. The first-order valence-corrected chi connectivity index (χ1v) is 17.2. The van der Waals surface area contributed by atoms with Crippen LogP contribution in [0.3, 0.4) is 0 Å². The highest BCUT2D eigenvalue weighted by Gasteiger charge is 2.32. The molecule has 0 aliphatic heterocycles. The number of carbonyl (C=O) groups is 6. The third kappa shape index (κ3) is 64.0. The van der Waals surface area contributed by atoms with Crippen molar-refractivity contribution in [2.45, 2.75) is 119 Å². The lowest BCUT2D eigenvalue weighted by Crippen LogP contribution is -2.43. The summed E-state index contributed by atoms with van der Waals surface area (Å²) in [5.41, 5.74) is -2.32. The van der Waals surface area contributed by atoms with Crippen molar-refractivity contribution in [2.24, 2.45) is 10.8 Å². The number of hydrogen-bond acceptors (Lipinski definition) is 13. The topological polar surface area (TPSA) is 354 Å². The van der Waals surface area contributed by atoms with Crippen molar-refractivity contribution in [3.63, 3.8) is 0 Å². The van der Waals surface area contributed by atoms with E-state index in [2.05, 4.69) is 0 Å². The molecule has 0 radical (unpaired) electrons. The Balaban J connectivity index is -0.0000000996. The van der Waals surface area contributed by atoms with E-state index >= 15 is 0 Å². The fourth-order valence-electron chi connectivity index (χ4n) is 2.34. The van der Waals surface area contributed by atoms with Crippen molar-refractivity contribution < 1.29 is 94.8 Å². The van der Waals surface area contributed by atoms with Gasteiger partial charge in [-0.15, -0.1) is 0 Å². The number of hydrogen-bond donors (Lipinski definition) is 12. The maximum Gasteiger partial charge on any atom is 0.303 e. The van der Waals surface area contributed by atoms with Gasteiger partial charge in [-0.3, -0.25) is 28.8 Å². The SMILES string of the molecule is CCCC(=O)O.CCCC(=O)O.CCCC(=O)O.CCCC(=O)O.CCCC(=O)O.CCCC(=O)O.OCC(CO)(CO)COCC(CO)(CO)CO. The van der Waals surface area contributed by atoms with Crippen molar-refractivity contribution in [3.05, 3.63) is 0 Å². The summed E-state index contributed by atoms with van der Waals surface area (Å²) in [7, 11) is 0. The summed E-state index contributed by atoms with van der Waals surface area (Å²) >= 11 is 0. The summed E-state index contributed by atoms with van der Waals surface area (Å²) < 4.78 is 5.15. The van der Waals surface area contributed by atoms with Crippen LogP contribution < -0.4 is 0 Å². The van der Waals surface area contributed by atoms with Crippen LogP contribution in [0.2, 0.25) is 0 Å². The predicted molar refractivity (Wildman–Crippen MR) is 193 cm³/mol. The highest BCUT2D eigenvalue weighted by Crippen LogP contribution is 2.19. The Kier molecular flexibility index (Phi) is 59.1. The fraction of sp³-hybridized carbons (Fsp3) is 0.824. The Morgan fingerprint density at radius 3 is 0.528 bits per heavy atom. The Bertz CT molecular complexity index is 696. The maximum absolute atomic E-state index is 9.60. The second-order valence-electron chi connectivity index (χ2n) is 11.3. The van der Waals surface area contributed by atoms with E-state index in [1.807, 2.05) is 41.5 Å². The molecule has 0 aromatic rings. The summed E-state index contributed by atoms with van der Waals surface area (Å²) in [6, 6.07) is 0. The molecule has 0 atom stereocenters. The Labute approximate surface area is 312 Å². The average Bonchev–Trinajstić information content (AvgIpc) is 3.07. The number of aliphatic hydroxyl groups is 6. The zero-order valence-corrected chi connectivity index (χ0v) is 32.4. The lowest BCUT2D eigenvalue weighted by atomic mass is 9.91. The summed E-state index contributed by atoms with van der Waals surface area (Å²) in [4.78, 5) is 57.6. The second-order valence-corrected chi connectivity index (χ2v) is 11.3. The summed E-state index contributed by atoms with van der Waals surface area (Å²) in [6.07, 6.45) is 6.14. The van der Waals surface area contributed by atoms with Gasteiger partial charge in [-0.2, -0.15) is 0 Å². The number of rotatable bonds is 22. The van der Waals surface area contributed by atoms with Crippen LogP contribution in [0.25, 0.3) is 0 Å². The van der Waals surface area contributed by atoms with Crippen LogP contribution in [-0.4, -0.2) is 150 Å². The predicted octanol–water partition coefficient (Wildman–Crippen LogP) is 2.16. The van der Waals surface area contributed by atoms with Crippen molar-refractivity contribution in [1.29, 1.82) is 0 Å². The number of carboxylic acids is 6. The van der Waals surface area contributed by atoms with Crippen LogP contribution in [0.5, 0.6) is 0 Å². The van der Waals surface area contributed by atoms with Gasteiger partial charge in [-0.1, -0.05) is 41.5 Å². The molecule has 19 heteroatoms. The van der Waals surface area contributed by atoms with Crippen LogP contribution in [-0.2, 0) is 33.5 Å². The lowest BCUT2D eigenvalue weighted by Gasteiger charge is -2.31. The van der Waals surface area contributed by atoms with E-state index in [-0.39, 0.29) is 13.2 Å². The molecule has 0 aromatic carbocycles. The van der Waals surface area contributed by atoms with Gasteiger partial charge in [-0.25, -0.2) is 0 Å². The zero-order chi connectivity index (χ0) is 43.3. The zero-order valence-electron chi connectivity index (χ0n) is 32.4. The normalized spacial score (nSPS) is 9.74. The smallest absolute Gasteiger partial charge is 0.303 e. The van der Waals surface area contributed by atoms with Gasteiger partial charge in [0, 0.05) is 38.5 Å². The minimum absolute atomic E-state index is 0.141. The van der Waals surface area contributed by atoms with Gasteiger partial charge in [0.25, 0.3) is 0 Å². The molecule has 0 rings (SSSR count). The van der Waals surface area contributed by atoms with E-state index in [0.29, 0.717) is 38.5 Å². The lowest BCUT2D eigenvalue weighted by molar-refractivity contribution is -0.138.